The van der Waals surface area contributed by atoms with Crippen LogP contribution in [0.1, 0.15) is 56.7 Å². The fourth-order valence-electron chi connectivity index (χ4n) is 3.14. The molecule has 2 nitrogen and oxygen atoms in total. The molecule has 0 saturated heterocycles. The number of hydrazine groups is 1. The van der Waals surface area contributed by atoms with Crippen LogP contribution in [0, 0.1) is 11.3 Å². The van der Waals surface area contributed by atoms with E-state index in [4.69, 9.17) is 5.84 Å². The van der Waals surface area contributed by atoms with E-state index in [2.05, 4.69) is 19.3 Å². The Hall–Kier alpha value is -1.07. The van der Waals surface area contributed by atoms with Gasteiger partial charge in [0, 0.05) is 6.04 Å². The maximum atomic E-state index is 12.6. The van der Waals surface area contributed by atoms with Gasteiger partial charge in [0.05, 0.1) is 5.56 Å². The van der Waals surface area contributed by atoms with Crippen molar-refractivity contribution >= 4 is 0 Å². The van der Waals surface area contributed by atoms with Crippen molar-refractivity contribution in [1.82, 2.24) is 5.43 Å². The first-order chi connectivity index (χ1) is 9.73. The van der Waals surface area contributed by atoms with E-state index in [0.29, 0.717) is 11.3 Å². The summed E-state index contributed by atoms with van der Waals surface area (Å²) in [5.41, 5.74) is 3.36. The second-order valence-corrected chi connectivity index (χ2v) is 6.77. The Labute approximate surface area is 123 Å². The maximum absolute atomic E-state index is 12.6. The Balaban J connectivity index is 2.11. The lowest BCUT2D eigenvalue weighted by Gasteiger charge is -2.38. The summed E-state index contributed by atoms with van der Waals surface area (Å²) in [7, 11) is 0. The van der Waals surface area contributed by atoms with E-state index in [1.807, 2.05) is 0 Å². The molecule has 1 aromatic carbocycles. The smallest absolute Gasteiger partial charge is 0.271 e. The predicted molar refractivity (Wildman–Crippen MR) is 77.2 cm³/mol. The molecule has 1 saturated carbocycles. The van der Waals surface area contributed by atoms with E-state index in [0.717, 1.165) is 43.4 Å². The van der Waals surface area contributed by atoms with Crippen LogP contribution in [-0.4, -0.2) is 0 Å². The van der Waals surface area contributed by atoms with Gasteiger partial charge in [0.2, 0.25) is 0 Å². The maximum Gasteiger partial charge on any atom is 0.416 e. The van der Waals surface area contributed by atoms with E-state index in [9.17, 15) is 13.2 Å². The highest BCUT2D eigenvalue weighted by molar-refractivity contribution is 5.27. The van der Waals surface area contributed by atoms with Crippen molar-refractivity contribution in [3.63, 3.8) is 0 Å². The minimum atomic E-state index is -4.29. The fraction of sp³-hybridized carbons (Fsp3) is 0.625. The summed E-state index contributed by atoms with van der Waals surface area (Å²) in [6.45, 7) is 4.51. The van der Waals surface area contributed by atoms with Crippen LogP contribution >= 0.6 is 0 Å². The van der Waals surface area contributed by atoms with Crippen molar-refractivity contribution in [2.45, 2.75) is 51.7 Å². The van der Waals surface area contributed by atoms with Gasteiger partial charge in [-0.25, -0.2) is 0 Å². The summed E-state index contributed by atoms with van der Waals surface area (Å²) in [5, 5.41) is 0. The topological polar surface area (TPSA) is 38.0 Å². The molecule has 1 aromatic rings. The molecule has 21 heavy (non-hydrogen) atoms. The van der Waals surface area contributed by atoms with E-state index in [1.165, 1.54) is 12.1 Å². The Morgan fingerprint density at radius 1 is 1.14 bits per heavy atom. The molecule has 1 fully saturated rings. The summed E-state index contributed by atoms with van der Waals surface area (Å²) in [4.78, 5) is 0. The van der Waals surface area contributed by atoms with Gasteiger partial charge in [0.15, 0.2) is 0 Å². The molecule has 1 aliphatic carbocycles. The molecule has 0 aromatic heterocycles. The number of hydrogen-bond donors (Lipinski definition) is 2. The third kappa shape index (κ3) is 3.98. The van der Waals surface area contributed by atoms with Gasteiger partial charge < -0.3 is 0 Å². The molecular weight excluding hydrogens is 277 g/mol. The van der Waals surface area contributed by atoms with Crippen molar-refractivity contribution in [3.8, 4) is 0 Å². The Bertz CT molecular complexity index is 455. The summed E-state index contributed by atoms with van der Waals surface area (Å²) >= 11 is 0. The number of benzene rings is 1. The van der Waals surface area contributed by atoms with Crippen LogP contribution in [-0.2, 0) is 6.18 Å². The molecule has 5 heteroatoms. The largest absolute Gasteiger partial charge is 0.416 e. The minimum Gasteiger partial charge on any atom is -0.271 e. The zero-order chi connectivity index (χ0) is 15.7. The van der Waals surface area contributed by atoms with Gasteiger partial charge in [-0.3, -0.25) is 11.3 Å². The van der Waals surface area contributed by atoms with Crippen LogP contribution in [0.25, 0.3) is 0 Å². The highest BCUT2D eigenvalue weighted by Crippen LogP contribution is 2.42. The lowest BCUT2D eigenvalue weighted by Crippen LogP contribution is -2.36. The van der Waals surface area contributed by atoms with Gasteiger partial charge in [-0.05, 0) is 54.7 Å². The van der Waals surface area contributed by atoms with Crippen molar-refractivity contribution in [2.75, 3.05) is 0 Å². The normalized spacial score (nSPS) is 21.2. The van der Waals surface area contributed by atoms with Gasteiger partial charge in [0.25, 0.3) is 0 Å². The predicted octanol–water partition coefficient (Wildman–Crippen LogP) is 4.43. The molecule has 1 aliphatic rings. The van der Waals surface area contributed by atoms with Gasteiger partial charge >= 0.3 is 6.18 Å². The average Bonchev–Trinajstić information content (AvgIpc) is 2.41. The van der Waals surface area contributed by atoms with Crippen LogP contribution in [0.3, 0.4) is 0 Å². The van der Waals surface area contributed by atoms with Crippen LogP contribution in [0.2, 0.25) is 0 Å². The molecule has 0 heterocycles. The lowest BCUT2D eigenvalue weighted by atomic mass is 9.70. The molecule has 0 spiro atoms. The number of hydrogen-bond acceptors (Lipinski definition) is 2. The number of rotatable bonds is 3. The quantitative estimate of drug-likeness (QED) is 0.640. The molecule has 0 bridgehead atoms. The van der Waals surface area contributed by atoms with Gasteiger partial charge in [0.1, 0.15) is 0 Å². The second-order valence-electron chi connectivity index (χ2n) is 6.77. The Morgan fingerprint density at radius 2 is 1.67 bits per heavy atom. The van der Waals surface area contributed by atoms with E-state index >= 15 is 0 Å². The van der Waals surface area contributed by atoms with Crippen LogP contribution < -0.4 is 11.3 Å². The summed E-state index contributed by atoms with van der Waals surface area (Å²) < 4.78 is 37.8. The Kier molecular flexibility index (Phi) is 4.63. The van der Waals surface area contributed by atoms with Crippen LogP contribution in [0.4, 0.5) is 13.2 Å². The van der Waals surface area contributed by atoms with Crippen LogP contribution in [0.15, 0.2) is 24.3 Å². The molecule has 0 aliphatic heterocycles. The van der Waals surface area contributed by atoms with E-state index in [-0.39, 0.29) is 6.04 Å². The first-order valence-corrected chi connectivity index (χ1v) is 7.36. The average molecular weight is 300 g/mol. The third-order valence-electron chi connectivity index (χ3n) is 4.63. The first-order valence-electron chi connectivity index (χ1n) is 7.36. The van der Waals surface area contributed by atoms with Crippen molar-refractivity contribution in [1.29, 1.82) is 0 Å². The number of nitrogens with two attached hydrogens (primary N) is 1. The monoisotopic (exact) mass is 300 g/mol. The SMILES string of the molecule is CC1(C)CCC(C(NN)c2ccc(C(F)(F)F)cc2)CC1. The minimum absolute atomic E-state index is 0.0802. The number of alkyl halides is 3. The molecule has 0 radical (unpaired) electrons. The molecule has 1 atom stereocenters. The molecule has 118 valence electrons. The summed E-state index contributed by atoms with van der Waals surface area (Å²) in [5.74, 6) is 6.03. The van der Waals surface area contributed by atoms with Crippen molar-refractivity contribution < 1.29 is 13.2 Å². The second kappa shape index (κ2) is 5.97. The zero-order valence-electron chi connectivity index (χ0n) is 12.5. The van der Waals surface area contributed by atoms with E-state index < -0.39 is 11.7 Å². The first kappa shape index (κ1) is 16.3. The number of nitrogens with one attached hydrogen (secondary N) is 1. The molecule has 0 amide bonds. The lowest BCUT2D eigenvalue weighted by molar-refractivity contribution is -0.137. The summed E-state index contributed by atoms with van der Waals surface area (Å²) in [6.07, 6.45) is 0.0395. The fourth-order valence-corrected chi connectivity index (χ4v) is 3.14. The van der Waals surface area contributed by atoms with Gasteiger partial charge in [-0.2, -0.15) is 13.2 Å². The zero-order valence-corrected chi connectivity index (χ0v) is 12.5. The van der Waals surface area contributed by atoms with E-state index in [1.54, 1.807) is 0 Å². The highest BCUT2D eigenvalue weighted by Gasteiger charge is 2.33. The molecule has 1 unspecified atom stereocenters. The Morgan fingerprint density at radius 3 is 2.10 bits per heavy atom. The molecule has 2 rings (SSSR count). The molecule has 3 N–H and O–H groups in total. The van der Waals surface area contributed by atoms with Crippen LogP contribution in [0.5, 0.6) is 0 Å². The van der Waals surface area contributed by atoms with Gasteiger partial charge in [-0.1, -0.05) is 26.0 Å². The standard InChI is InChI=1S/C16H23F3N2/c1-15(2)9-7-12(8-10-15)14(21-20)11-3-5-13(6-4-11)16(17,18)19/h3-6,12,14,21H,7-10,20H2,1-2H3. The van der Waals surface area contributed by atoms with Gasteiger partial charge in [-0.15, -0.1) is 0 Å². The third-order valence-corrected chi connectivity index (χ3v) is 4.63. The highest BCUT2D eigenvalue weighted by atomic mass is 19.4. The number of halogens is 3. The van der Waals surface area contributed by atoms with Crippen molar-refractivity contribution in [2.24, 2.45) is 17.2 Å². The van der Waals surface area contributed by atoms with Crippen molar-refractivity contribution in [3.05, 3.63) is 35.4 Å². The molecular formula is C16H23F3N2. The summed E-state index contributed by atoms with van der Waals surface area (Å²) in [6, 6.07) is 5.25.